The van der Waals surface area contributed by atoms with E-state index in [2.05, 4.69) is 10.5 Å². The minimum atomic E-state index is -0.0729. The van der Waals surface area contributed by atoms with Crippen molar-refractivity contribution >= 4 is 0 Å². The molecule has 2 N–H and O–H groups in total. The zero-order chi connectivity index (χ0) is 9.14. The Morgan fingerprint density at radius 2 is 2.25 bits per heavy atom. The lowest BCUT2D eigenvalue weighted by Gasteiger charge is -2.11. The molecule has 1 aromatic heterocycles. The highest BCUT2D eigenvalue weighted by Crippen LogP contribution is 2.20. The van der Waals surface area contributed by atoms with Crippen molar-refractivity contribution in [1.82, 2.24) is 10.5 Å². The Morgan fingerprint density at radius 1 is 1.58 bits per heavy atom. The van der Waals surface area contributed by atoms with Crippen molar-refractivity contribution in [2.75, 3.05) is 13.7 Å². The minimum absolute atomic E-state index is 0.0550. The molecule has 0 radical (unpaired) electrons. The summed E-state index contributed by atoms with van der Waals surface area (Å²) < 4.78 is 4.98. The lowest BCUT2D eigenvalue weighted by molar-refractivity contribution is 0.249. The van der Waals surface area contributed by atoms with Crippen LogP contribution in [0.4, 0.5) is 0 Å². The van der Waals surface area contributed by atoms with Gasteiger partial charge in [0.05, 0.1) is 18.3 Å². The van der Waals surface area contributed by atoms with E-state index in [4.69, 9.17) is 9.63 Å². The average molecular weight is 170 g/mol. The van der Waals surface area contributed by atoms with Crippen LogP contribution in [-0.2, 0) is 0 Å². The smallest absolute Gasteiger partial charge is 0.138 e. The van der Waals surface area contributed by atoms with E-state index >= 15 is 0 Å². The fraction of sp³-hybridized carbons (Fsp3) is 0.625. The predicted molar refractivity (Wildman–Crippen MR) is 44.9 cm³/mol. The third-order valence-corrected chi connectivity index (χ3v) is 1.97. The molecule has 0 bridgehead atoms. The van der Waals surface area contributed by atoms with E-state index in [-0.39, 0.29) is 12.6 Å². The van der Waals surface area contributed by atoms with E-state index in [1.165, 1.54) is 0 Å². The van der Waals surface area contributed by atoms with Crippen molar-refractivity contribution < 1.29 is 9.63 Å². The van der Waals surface area contributed by atoms with Crippen LogP contribution in [0.5, 0.6) is 0 Å². The summed E-state index contributed by atoms with van der Waals surface area (Å²) >= 11 is 0. The average Bonchev–Trinajstić information content (AvgIpc) is 2.38. The Bertz CT molecular complexity index is 234. The number of aryl methyl sites for hydroxylation is 2. The number of hydrogen-bond acceptors (Lipinski definition) is 4. The molecule has 0 aliphatic heterocycles. The molecule has 0 amide bonds. The van der Waals surface area contributed by atoms with E-state index in [1.807, 2.05) is 13.8 Å². The van der Waals surface area contributed by atoms with Gasteiger partial charge >= 0.3 is 0 Å². The molecule has 12 heavy (non-hydrogen) atoms. The molecule has 0 saturated heterocycles. The molecule has 4 nitrogen and oxygen atoms in total. The zero-order valence-corrected chi connectivity index (χ0v) is 7.59. The van der Waals surface area contributed by atoms with Gasteiger partial charge in [-0.3, -0.25) is 0 Å². The zero-order valence-electron chi connectivity index (χ0n) is 7.59. The second-order valence-electron chi connectivity index (χ2n) is 2.76. The first-order valence-corrected chi connectivity index (χ1v) is 3.91. The highest BCUT2D eigenvalue weighted by molar-refractivity contribution is 5.24. The summed E-state index contributed by atoms with van der Waals surface area (Å²) in [5.74, 6) is 0.765. The second kappa shape index (κ2) is 3.69. The summed E-state index contributed by atoms with van der Waals surface area (Å²) in [7, 11) is 1.80. The summed E-state index contributed by atoms with van der Waals surface area (Å²) in [6, 6.07) is -0.0729. The number of hydrogen-bond donors (Lipinski definition) is 2. The van der Waals surface area contributed by atoms with E-state index in [0.717, 1.165) is 17.0 Å². The Morgan fingerprint density at radius 3 is 2.58 bits per heavy atom. The number of nitrogens with one attached hydrogen (secondary N) is 1. The number of aliphatic hydroxyl groups excluding tert-OH is 1. The molecule has 0 fully saturated rings. The standard InChI is InChI=1S/C8H14N2O2/c1-5-8(6(2)12-10-5)7(4-11)9-3/h7,9,11H,4H2,1-3H3. The molecule has 68 valence electrons. The summed E-state index contributed by atoms with van der Waals surface area (Å²) in [6.45, 7) is 3.76. The van der Waals surface area contributed by atoms with Gasteiger partial charge in [0, 0.05) is 5.56 Å². The number of aromatic nitrogens is 1. The first kappa shape index (κ1) is 9.22. The van der Waals surface area contributed by atoms with Crippen LogP contribution >= 0.6 is 0 Å². The topological polar surface area (TPSA) is 58.3 Å². The van der Waals surface area contributed by atoms with Crippen LogP contribution in [0.2, 0.25) is 0 Å². The van der Waals surface area contributed by atoms with E-state index in [0.29, 0.717) is 0 Å². The third-order valence-electron chi connectivity index (χ3n) is 1.97. The minimum Gasteiger partial charge on any atom is -0.394 e. The van der Waals surface area contributed by atoms with E-state index < -0.39 is 0 Å². The molecule has 0 saturated carbocycles. The molecule has 0 spiro atoms. The maximum atomic E-state index is 9.01. The molecule has 1 heterocycles. The van der Waals surface area contributed by atoms with Crippen LogP contribution < -0.4 is 5.32 Å². The predicted octanol–water partition coefficient (Wildman–Crippen LogP) is 0.544. The number of likely N-dealkylation sites (N-methyl/N-ethyl adjacent to an activating group) is 1. The summed E-state index contributed by atoms with van der Waals surface area (Å²) in [4.78, 5) is 0. The molecule has 0 aliphatic carbocycles. The highest BCUT2D eigenvalue weighted by atomic mass is 16.5. The molecular formula is C8H14N2O2. The van der Waals surface area contributed by atoms with Crippen LogP contribution in [0.1, 0.15) is 23.1 Å². The van der Waals surface area contributed by atoms with Gasteiger partial charge in [0.1, 0.15) is 5.76 Å². The van der Waals surface area contributed by atoms with Gasteiger partial charge in [-0.1, -0.05) is 5.16 Å². The summed E-state index contributed by atoms with van der Waals surface area (Å²) in [5.41, 5.74) is 1.79. The van der Waals surface area contributed by atoms with Gasteiger partial charge in [0.2, 0.25) is 0 Å². The molecule has 1 atom stereocenters. The van der Waals surface area contributed by atoms with Crippen molar-refractivity contribution in [2.45, 2.75) is 19.9 Å². The number of rotatable bonds is 3. The van der Waals surface area contributed by atoms with Crippen LogP contribution in [0, 0.1) is 13.8 Å². The van der Waals surface area contributed by atoms with Gasteiger partial charge in [-0.2, -0.15) is 0 Å². The maximum absolute atomic E-state index is 9.01. The Balaban J connectivity index is 2.98. The third kappa shape index (κ3) is 1.49. The number of nitrogens with zero attached hydrogens (tertiary/aromatic N) is 1. The quantitative estimate of drug-likeness (QED) is 0.695. The second-order valence-corrected chi connectivity index (χ2v) is 2.76. The van der Waals surface area contributed by atoms with Crippen molar-refractivity contribution in [3.05, 3.63) is 17.0 Å². The van der Waals surface area contributed by atoms with Gasteiger partial charge in [-0.15, -0.1) is 0 Å². The van der Waals surface area contributed by atoms with E-state index in [9.17, 15) is 0 Å². The Hall–Kier alpha value is -0.870. The van der Waals surface area contributed by atoms with Crippen LogP contribution in [0.3, 0.4) is 0 Å². The van der Waals surface area contributed by atoms with E-state index in [1.54, 1.807) is 7.05 Å². The SMILES string of the molecule is CNC(CO)c1c(C)noc1C. The van der Waals surface area contributed by atoms with Gasteiger partial charge in [-0.05, 0) is 20.9 Å². The van der Waals surface area contributed by atoms with Gasteiger partial charge in [0.25, 0.3) is 0 Å². The molecular weight excluding hydrogens is 156 g/mol. The maximum Gasteiger partial charge on any atom is 0.138 e. The van der Waals surface area contributed by atoms with Crippen LogP contribution in [0.15, 0.2) is 4.52 Å². The lowest BCUT2D eigenvalue weighted by Crippen LogP contribution is -2.20. The lowest BCUT2D eigenvalue weighted by atomic mass is 10.1. The Labute approximate surface area is 71.6 Å². The highest BCUT2D eigenvalue weighted by Gasteiger charge is 2.17. The van der Waals surface area contributed by atoms with Crippen LogP contribution in [0.25, 0.3) is 0 Å². The monoisotopic (exact) mass is 170 g/mol. The summed E-state index contributed by atoms with van der Waals surface area (Å²) in [6.07, 6.45) is 0. The number of aliphatic hydroxyl groups is 1. The van der Waals surface area contributed by atoms with Crippen molar-refractivity contribution in [1.29, 1.82) is 0 Å². The molecule has 1 unspecified atom stereocenters. The van der Waals surface area contributed by atoms with Crippen molar-refractivity contribution in [3.8, 4) is 0 Å². The molecule has 0 aliphatic rings. The largest absolute Gasteiger partial charge is 0.394 e. The molecule has 4 heteroatoms. The van der Waals surface area contributed by atoms with Gasteiger partial charge in [0.15, 0.2) is 0 Å². The van der Waals surface area contributed by atoms with Crippen molar-refractivity contribution in [3.63, 3.8) is 0 Å². The van der Waals surface area contributed by atoms with Crippen molar-refractivity contribution in [2.24, 2.45) is 0 Å². The molecule has 0 aromatic carbocycles. The Kier molecular flexibility index (Phi) is 2.83. The van der Waals surface area contributed by atoms with Gasteiger partial charge < -0.3 is 14.9 Å². The fourth-order valence-electron chi connectivity index (χ4n) is 1.31. The fourth-order valence-corrected chi connectivity index (χ4v) is 1.31. The first-order valence-electron chi connectivity index (χ1n) is 3.91. The molecule has 1 aromatic rings. The first-order chi connectivity index (χ1) is 5.70. The normalized spacial score (nSPS) is 13.3. The van der Waals surface area contributed by atoms with Crippen LogP contribution in [-0.4, -0.2) is 23.9 Å². The molecule has 1 rings (SSSR count). The summed E-state index contributed by atoms with van der Waals surface area (Å²) in [5, 5.41) is 15.8. The van der Waals surface area contributed by atoms with Gasteiger partial charge in [-0.25, -0.2) is 0 Å².